The molecule has 1 aromatic rings. The summed E-state index contributed by atoms with van der Waals surface area (Å²) in [6, 6.07) is 2.97. The van der Waals surface area contributed by atoms with Crippen LogP contribution in [-0.4, -0.2) is 22.0 Å². The molecule has 0 amide bonds. The van der Waals surface area contributed by atoms with E-state index in [2.05, 4.69) is 11.6 Å². The van der Waals surface area contributed by atoms with Crippen molar-refractivity contribution < 1.29 is 4.92 Å². The largest absolute Gasteiger partial charge is 0.378 e. The van der Waals surface area contributed by atoms with E-state index in [1.807, 2.05) is 25.7 Å². The van der Waals surface area contributed by atoms with Gasteiger partial charge in [0.25, 0.3) is 0 Å². The summed E-state index contributed by atoms with van der Waals surface area (Å²) in [6.45, 7) is 10.4. The van der Waals surface area contributed by atoms with Crippen molar-refractivity contribution in [2.45, 2.75) is 26.3 Å². The highest BCUT2D eigenvalue weighted by Gasteiger charge is 2.23. The Morgan fingerprint density at radius 2 is 2.17 bits per heavy atom. The highest BCUT2D eigenvalue weighted by atomic mass is 16.6. The van der Waals surface area contributed by atoms with Crippen LogP contribution < -0.4 is 10.6 Å². The van der Waals surface area contributed by atoms with Crippen LogP contribution in [0.25, 0.3) is 0 Å². The number of hydrogen-bond acceptors (Lipinski definition) is 5. The maximum atomic E-state index is 10.7. The number of nitrogens with zero attached hydrogens (tertiary/aromatic N) is 3. The monoisotopic (exact) mass is 250 g/mol. The molecule has 0 aromatic carbocycles. The fourth-order valence-corrected chi connectivity index (χ4v) is 1.60. The molecular weight excluding hydrogens is 232 g/mol. The van der Waals surface area contributed by atoms with Crippen LogP contribution in [0.2, 0.25) is 0 Å². The highest BCUT2D eigenvalue weighted by Crippen LogP contribution is 2.27. The van der Waals surface area contributed by atoms with E-state index in [9.17, 15) is 10.1 Å². The second kappa shape index (κ2) is 5.03. The zero-order valence-electron chi connectivity index (χ0n) is 10.9. The third-order valence-electron chi connectivity index (χ3n) is 2.48. The second-order valence-corrected chi connectivity index (χ2v) is 4.90. The standard InChI is InChI=1S/C12H18N4O2/c1-5-8-15(12(2,3)4)10-7-6-9(16(17)18)11(13)14-10/h5-7H,1,8H2,2-4H3,(H2,13,14). The van der Waals surface area contributed by atoms with Crippen LogP contribution in [0.3, 0.4) is 0 Å². The minimum absolute atomic E-state index is 0.0733. The Bertz CT molecular complexity index is 466. The van der Waals surface area contributed by atoms with E-state index in [4.69, 9.17) is 5.73 Å². The van der Waals surface area contributed by atoms with E-state index in [0.717, 1.165) is 0 Å². The first-order valence-electron chi connectivity index (χ1n) is 5.57. The lowest BCUT2D eigenvalue weighted by atomic mass is 10.1. The molecule has 1 heterocycles. The van der Waals surface area contributed by atoms with Gasteiger partial charge in [-0.3, -0.25) is 10.1 Å². The zero-order valence-corrected chi connectivity index (χ0v) is 10.9. The van der Waals surface area contributed by atoms with Gasteiger partial charge in [0.1, 0.15) is 5.82 Å². The molecule has 0 bridgehead atoms. The molecule has 0 saturated heterocycles. The summed E-state index contributed by atoms with van der Waals surface area (Å²) in [7, 11) is 0. The van der Waals surface area contributed by atoms with Crippen molar-refractivity contribution in [3.05, 3.63) is 34.9 Å². The lowest BCUT2D eigenvalue weighted by molar-refractivity contribution is -0.384. The number of nitrogens with two attached hydrogens (primary N) is 1. The van der Waals surface area contributed by atoms with Gasteiger partial charge in [0.05, 0.1) is 4.92 Å². The smallest absolute Gasteiger partial charge is 0.311 e. The first-order valence-corrected chi connectivity index (χ1v) is 5.57. The molecule has 18 heavy (non-hydrogen) atoms. The van der Waals surface area contributed by atoms with Crippen molar-refractivity contribution in [1.29, 1.82) is 0 Å². The Morgan fingerprint density at radius 1 is 1.56 bits per heavy atom. The van der Waals surface area contributed by atoms with Gasteiger partial charge < -0.3 is 10.6 Å². The topological polar surface area (TPSA) is 85.3 Å². The zero-order chi connectivity index (χ0) is 13.9. The predicted molar refractivity (Wildman–Crippen MR) is 72.6 cm³/mol. The molecule has 0 fully saturated rings. The quantitative estimate of drug-likeness (QED) is 0.503. The minimum atomic E-state index is -0.541. The molecule has 0 aliphatic rings. The number of anilines is 2. The molecule has 6 heteroatoms. The summed E-state index contributed by atoms with van der Waals surface area (Å²) >= 11 is 0. The van der Waals surface area contributed by atoms with Crippen molar-refractivity contribution in [2.75, 3.05) is 17.2 Å². The number of pyridine rings is 1. The van der Waals surface area contributed by atoms with Gasteiger partial charge in [-0.15, -0.1) is 6.58 Å². The van der Waals surface area contributed by atoms with Crippen molar-refractivity contribution >= 4 is 17.3 Å². The summed E-state index contributed by atoms with van der Waals surface area (Å²) in [5.74, 6) is 0.529. The number of rotatable bonds is 4. The maximum absolute atomic E-state index is 10.7. The molecule has 0 radical (unpaired) electrons. The molecule has 0 unspecified atom stereocenters. The first-order chi connectivity index (χ1) is 8.27. The van der Waals surface area contributed by atoms with Crippen LogP contribution in [0, 0.1) is 10.1 Å². The minimum Gasteiger partial charge on any atom is -0.378 e. The number of nitro groups is 1. The Hall–Kier alpha value is -2.11. The average molecular weight is 250 g/mol. The summed E-state index contributed by atoms with van der Waals surface area (Å²) in [5.41, 5.74) is 5.24. The van der Waals surface area contributed by atoms with Crippen LogP contribution in [0.4, 0.5) is 17.3 Å². The highest BCUT2D eigenvalue weighted by molar-refractivity contribution is 5.58. The van der Waals surface area contributed by atoms with E-state index >= 15 is 0 Å². The normalized spacial score (nSPS) is 11.1. The van der Waals surface area contributed by atoms with Crippen molar-refractivity contribution in [3.63, 3.8) is 0 Å². The van der Waals surface area contributed by atoms with Gasteiger partial charge >= 0.3 is 5.69 Å². The SMILES string of the molecule is C=CCN(c1ccc([N+](=O)[O-])c(N)n1)C(C)(C)C. The number of aromatic nitrogens is 1. The van der Waals surface area contributed by atoms with Crippen molar-refractivity contribution in [3.8, 4) is 0 Å². The fraction of sp³-hybridized carbons (Fsp3) is 0.417. The molecule has 0 aliphatic carbocycles. The van der Waals surface area contributed by atoms with Gasteiger partial charge in [-0.2, -0.15) is 0 Å². The van der Waals surface area contributed by atoms with Crippen LogP contribution in [0.5, 0.6) is 0 Å². The Kier molecular flexibility index (Phi) is 3.90. The summed E-state index contributed by atoms with van der Waals surface area (Å²) in [6.07, 6.45) is 1.75. The van der Waals surface area contributed by atoms with E-state index in [-0.39, 0.29) is 17.0 Å². The van der Waals surface area contributed by atoms with E-state index in [1.165, 1.54) is 6.07 Å². The lowest BCUT2D eigenvalue weighted by Crippen LogP contribution is -2.42. The molecular formula is C12H18N4O2. The van der Waals surface area contributed by atoms with E-state index in [1.54, 1.807) is 12.1 Å². The molecule has 2 N–H and O–H groups in total. The molecule has 1 aromatic heterocycles. The molecule has 0 saturated carbocycles. The fourth-order valence-electron chi connectivity index (χ4n) is 1.60. The lowest BCUT2D eigenvalue weighted by Gasteiger charge is -2.36. The summed E-state index contributed by atoms with van der Waals surface area (Å²) in [4.78, 5) is 16.2. The molecule has 98 valence electrons. The Morgan fingerprint density at radius 3 is 2.56 bits per heavy atom. The summed E-state index contributed by atoms with van der Waals surface area (Å²) < 4.78 is 0. The van der Waals surface area contributed by atoms with Crippen LogP contribution in [0.1, 0.15) is 20.8 Å². The van der Waals surface area contributed by atoms with Gasteiger partial charge in [0, 0.05) is 18.2 Å². The van der Waals surface area contributed by atoms with Gasteiger partial charge in [-0.05, 0) is 26.8 Å². The van der Waals surface area contributed by atoms with Crippen LogP contribution in [-0.2, 0) is 0 Å². The molecule has 6 nitrogen and oxygen atoms in total. The summed E-state index contributed by atoms with van der Waals surface area (Å²) in [5, 5.41) is 10.7. The van der Waals surface area contributed by atoms with Crippen LogP contribution in [0.15, 0.2) is 24.8 Å². The van der Waals surface area contributed by atoms with Crippen molar-refractivity contribution in [2.24, 2.45) is 0 Å². The molecule has 0 atom stereocenters. The molecule has 1 rings (SSSR count). The van der Waals surface area contributed by atoms with Gasteiger partial charge in [0.2, 0.25) is 5.82 Å². The average Bonchev–Trinajstić information content (AvgIpc) is 2.23. The Balaban J connectivity index is 3.19. The van der Waals surface area contributed by atoms with Crippen LogP contribution >= 0.6 is 0 Å². The third-order valence-corrected chi connectivity index (χ3v) is 2.48. The van der Waals surface area contributed by atoms with E-state index < -0.39 is 4.92 Å². The first kappa shape index (κ1) is 14.0. The van der Waals surface area contributed by atoms with E-state index in [0.29, 0.717) is 12.4 Å². The van der Waals surface area contributed by atoms with Gasteiger partial charge in [-0.1, -0.05) is 6.08 Å². The van der Waals surface area contributed by atoms with Gasteiger partial charge in [-0.25, -0.2) is 4.98 Å². The maximum Gasteiger partial charge on any atom is 0.311 e. The number of nitrogen functional groups attached to an aromatic ring is 1. The third kappa shape index (κ3) is 2.97. The second-order valence-electron chi connectivity index (χ2n) is 4.90. The Labute approximate surface area is 106 Å². The molecule has 0 aliphatic heterocycles. The predicted octanol–water partition coefficient (Wildman–Crippen LogP) is 2.36. The molecule has 0 spiro atoms. The number of hydrogen-bond donors (Lipinski definition) is 1. The van der Waals surface area contributed by atoms with Gasteiger partial charge in [0.15, 0.2) is 0 Å². The van der Waals surface area contributed by atoms with Crippen molar-refractivity contribution in [1.82, 2.24) is 4.98 Å².